The molecule has 0 saturated carbocycles. The summed E-state index contributed by atoms with van der Waals surface area (Å²) in [6.07, 6.45) is 3.40. The predicted molar refractivity (Wildman–Crippen MR) is 94.4 cm³/mol. The number of carbonyl (C=O) groups is 1. The van der Waals surface area contributed by atoms with Gasteiger partial charge in [0.25, 0.3) is 5.91 Å². The summed E-state index contributed by atoms with van der Waals surface area (Å²) in [4.78, 5) is 12.2. The number of aromatic amines is 1. The first-order chi connectivity index (χ1) is 11.0. The summed E-state index contributed by atoms with van der Waals surface area (Å²) in [6, 6.07) is 8.25. The molecular weight excluding hydrogens is 426 g/mol. The smallest absolute Gasteiger partial charge is 0.277 e. The molecule has 0 spiro atoms. The minimum Gasteiger partial charge on any atom is -0.318 e. The van der Waals surface area contributed by atoms with E-state index in [0.29, 0.717) is 21.3 Å². The lowest BCUT2D eigenvalue weighted by Crippen LogP contribution is -2.12. The zero-order valence-electron chi connectivity index (χ0n) is 12.2. The van der Waals surface area contributed by atoms with Gasteiger partial charge in [0.1, 0.15) is 4.60 Å². The van der Waals surface area contributed by atoms with Gasteiger partial charge < -0.3 is 5.32 Å². The number of nitrogens with zero attached hydrogens (tertiary/aromatic N) is 3. The summed E-state index contributed by atoms with van der Waals surface area (Å²) < 4.78 is 2.98. The zero-order chi connectivity index (χ0) is 16.4. The number of aromatic nitrogens is 4. The standard InChI is InChI=1S/C15H13Br2N5O/c1-9-2-4-10(5-3-9)7-22-8-11(6-18-22)19-15(23)13-12(16)14(17)21-20-13/h2-6,8H,7H2,1H3,(H,19,23)(H,20,21). The summed E-state index contributed by atoms with van der Waals surface area (Å²) in [7, 11) is 0. The van der Waals surface area contributed by atoms with Crippen molar-refractivity contribution in [3.05, 3.63) is 62.6 Å². The third-order valence-corrected chi connectivity index (χ3v) is 5.12. The first kappa shape index (κ1) is 15.9. The minimum absolute atomic E-state index is 0.281. The maximum atomic E-state index is 12.2. The fraction of sp³-hybridized carbons (Fsp3) is 0.133. The Kier molecular flexibility index (Phi) is 4.63. The molecule has 3 rings (SSSR count). The third-order valence-electron chi connectivity index (χ3n) is 3.24. The number of rotatable bonds is 4. The van der Waals surface area contributed by atoms with Crippen LogP contribution in [0.1, 0.15) is 21.6 Å². The Hall–Kier alpha value is -1.93. The molecule has 0 bridgehead atoms. The second-order valence-corrected chi connectivity index (χ2v) is 6.65. The molecule has 118 valence electrons. The lowest BCUT2D eigenvalue weighted by Gasteiger charge is -2.02. The van der Waals surface area contributed by atoms with Crippen LogP contribution in [0.4, 0.5) is 5.69 Å². The first-order valence-corrected chi connectivity index (χ1v) is 8.40. The summed E-state index contributed by atoms with van der Waals surface area (Å²) >= 11 is 6.55. The van der Waals surface area contributed by atoms with Crippen LogP contribution in [0.15, 0.2) is 45.7 Å². The van der Waals surface area contributed by atoms with Gasteiger partial charge in [-0.05, 0) is 44.3 Å². The SMILES string of the molecule is Cc1ccc(Cn2cc(NC(=O)c3n[nH]c(Br)c3Br)cn2)cc1. The molecule has 2 heterocycles. The van der Waals surface area contributed by atoms with Crippen LogP contribution in [0.2, 0.25) is 0 Å². The van der Waals surface area contributed by atoms with Gasteiger partial charge >= 0.3 is 0 Å². The van der Waals surface area contributed by atoms with Gasteiger partial charge in [0, 0.05) is 6.20 Å². The molecule has 2 N–H and O–H groups in total. The van der Waals surface area contributed by atoms with Crippen molar-refractivity contribution in [3.63, 3.8) is 0 Å². The highest BCUT2D eigenvalue weighted by molar-refractivity contribution is 9.13. The number of amides is 1. The molecule has 0 saturated heterocycles. The van der Waals surface area contributed by atoms with Gasteiger partial charge in [-0.1, -0.05) is 29.8 Å². The van der Waals surface area contributed by atoms with Crippen LogP contribution in [0.5, 0.6) is 0 Å². The second kappa shape index (κ2) is 6.67. The van der Waals surface area contributed by atoms with Gasteiger partial charge in [0.15, 0.2) is 5.69 Å². The molecule has 0 radical (unpaired) electrons. The Morgan fingerprint density at radius 1 is 1.30 bits per heavy atom. The van der Waals surface area contributed by atoms with E-state index in [4.69, 9.17) is 0 Å². The Morgan fingerprint density at radius 3 is 2.70 bits per heavy atom. The van der Waals surface area contributed by atoms with Crippen molar-refractivity contribution in [2.24, 2.45) is 0 Å². The number of hydrogen-bond donors (Lipinski definition) is 2. The Bertz CT molecular complexity index is 838. The van der Waals surface area contributed by atoms with Crippen molar-refractivity contribution in [2.75, 3.05) is 5.32 Å². The first-order valence-electron chi connectivity index (χ1n) is 6.81. The monoisotopic (exact) mass is 437 g/mol. The van der Waals surface area contributed by atoms with Crippen molar-refractivity contribution < 1.29 is 4.79 Å². The van der Waals surface area contributed by atoms with E-state index < -0.39 is 0 Å². The number of anilines is 1. The molecule has 0 aliphatic carbocycles. The number of aryl methyl sites for hydroxylation is 1. The van der Waals surface area contributed by atoms with Crippen molar-refractivity contribution in [3.8, 4) is 0 Å². The van der Waals surface area contributed by atoms with E-state index in [-0.39, 0.29) is 11.6 Å². The fourth-order valence-electron chi connectivity index (χ4n) is 2.04. The Morgan fingerprint density at radius 2 is 2.04 bits per heavy atom. The van der Waals surface area contributed by atoms with Crippen LogP contribution in [0, 0.1) is 6.92 Å². The maximum Gasteiger partial charge on any atom is 0.277 e. The summed E-state index contributed by atoms with van der Waals surface area (Å²) in [5.74, 6) is -0.311. The van der Waals surface area contributed by atoms with Crippen LogP contribution >= 0.6 is 31.9 Å². The van der Waals surface area contributed by atoms with Gasteiger partial charge in [-0.2, -0.15) is 10.2 Å². The molecule has 6 nitrogen and oxygen atoms in total. The number of halogens is 2. The normalized spacial score (nSPS) is 10.7. The largest absolute Gasteiger partial charge is 0.318 e. The topological polar surface area (TPSA) is 75.6 Å². The summed E-state index contributed by atoms with van der Waals surface area (Å²) in [6.45, 7) is 2.70. The molecule has 8 heteroatoms. The van der Waals surface area contributed by atoms with Crippen LogP contribution in [-0.2, 0) is 6.54 Å². The lowest BCUT2D eigenvalue weighted by atomic mass is 10.1. The van der Waals surface area contributed by atoms with Crippen LogP contribution < -0.4 is 5.32 Å². The fourth-order valence-corrected chi connectivity index (χ4v) is 2.68. The molecule has 1 aromatic carbocycles. The predicted octanol–water partition coefficient (Wildman–Crippen LogP) is 3.74. The molecule has 0 aliphatic heterocycles. The van der Waals surface area contributed by atoms with E-state index in [1.165, 1.54) is 5.56 Å². The molecular formula is C15H13Br2N5O. The highest BCUT2D eigenvalue weighted by Crippen LogP contribution is 2.24. The Labute approximate surface area is 149 Å². The highest BCUT2D eigenvalue weighted by atomic mass is 79.9. The lowest BCUT2D eigenvalue weighted by molar-refractivity contribution is 0.102. The molecule has 0 fully saturated rings. The molecule has 2 aromatic heterocycles. The Balaban J connectivity index is 1.68. The maximum absolute atomic E-state index is 12.2. The summed E-state index contributed by atoms with van der Waals surface area (Å²) in [5, 5.41) is 13.7. The summed E-state index contributed by atoms with van der Waals surface area (Å²) in [5.41, 5.74) is 3.27. The number of hydrogen-bond acceptors (Lipinski definition) is 3. The van der Waals surface area contributed by atoms with Gasteiger partial charge in [0.2, 0.25) is 0 Å². The van der Waals surface area contributed by atoms with Crippen LogP contribution in [-0.4, -0.2) is 25.9 Å². The van der Waals surface area contributed by atoms with Crippen LogP contribution in [0.25, 0.3) is 0 Å². The molecule has 0 aliphatic rings. The molecule has 1 amide bonds. The van der Waals surface area contributed by atoms with Gasteiger partial charge in [-0.15, -0.1) is 0 Å². The van der Waals surface area contributed by atoms with Gasteiger partial charge in [-0.25, -0.2) is 0 Å². The quantitative estimate of drug-likeness (QED) is 0.651. The zero-order valence-corrected chi connectivity index (χ0v) is 15.3. The highest BCUT2D eigenvalue weighted by Gasteiger charge is 2.17. The molecule has 0 unspecified atom stereocenters. The number of carbonyl (C=O) groups excluding carboxylic acids is 1. The van der Waals surface area contributed by atoms with E-state index in [9.17, 15) is 4.79 Å². The number of nitrogens with one attached hydrogen (secondary N) is 2. The van der Waals surface area contributed by atoms with E-state index in [1.54, 1.807) is 17.1 Å². The van der Waals surface area contributed by atoms with E-state index in [2.05, 4.69) is 83.7 Å². The van der Waals surface area contributed by atoms with E-state index in [0.717, 1.165) is 5.56 Å². The van der Waals surface area contributed by atoms with Gasteiger partial charge in [-0.3, -0.25) is 14.6 Å². The second-order valence-electron chi connectivity index (χ2n) is 5.07. The molecule has 0 atom stereocenters. The number of benzene rings is 1. The minimum atomic E-state index is -0.311. The average Bonchev–Trinajstić information content (AvgIpc) is 3.09. The van der Waals surface area contributed by atoms with E-state index >= 15 is 0 Å². The van der Waals surface area contributed by atoms with Crippen molar-refractivity contribution in [2.45, 2.75) is 13.5 Å². The number of H-pyrrole nitrogens is 1. The third kappa shape index (κ3) is 3.70. The van der Waals surface area contributed by atoms with Gasteiger partial charge in [0.05, 0.1) is 22.9 Å². The molecule has 23 heavy (non-hydrogen) atoms. The van der Waals surface area contributed by atoms with Crippen molar-refractivity contribution >= 4 is 43.5 Å². The van der Waals surface area contributed by atoms with Crippen molar-refractivity contribution in [1.82, 2.24) is 20.0 Å². The van der Waals surface area contributed by atoms with Crippen molar-refractivity contribution in [1.29, 1.82) is 0 Å². The average molecular weight is 439 g/mol. The van der Waals surface area contributed by atoms with Crippen LogP contribution in [0.3, 0.4) is 0 Å². The molecule has 3 aromatic rings. The van der Waals surface area contributed by atoms with E-state index in [1.807, 2.05) is 0 Å².